The molecular weight excluding hydrogens is 204 g/mol. The van der Waals surface area contributed by atoms with E-state index in [0.717, 1.165) is 25.9 Å². The molecule has 3 N–H and O–H groups in total. The summed E-state index contributed by atoms with van der Waals surface area (Å²) in [6.07, 6.45) is 5.58. The number of amides is 1. The van der Waals surface area contributed by atoms with E-state index < -0.39 is 0 Å². The van der Waals surface area contributed by atoms with Crippen molar-refractivity contribution in [1.29, 1.82) is 0 Å². The molecule has 5 heteroatoms. The van der Waals surface area contributed by atoms with Crippen LogP contribution in [0.15, 0.2) is 24.5 Å². The Bertz CT molecular complexity index is 328. The number of carbonyl (C=O) groups excluding carboxylic acids is 1. The number of nitrogens with two attached hydrogens (primary N) is 1. The van der Waals surface area contributed by atoms with Gasteiger partial charge in [-0.05, 0) is 25.0 Å². The number of hydrogen-bond acceptors (Lipinski definition) is 3. The van der Waals surface area contributed by atoms with E-state index in [9.17, 15) is 4.79 Å². The van der Waals surface area contributed by atoms with Gasteiger partial charge in [0, 0.05) is 31.5 Å². The van der Waals surface area contributed by atoms with Crippen LogP contribution >= 0.6 is 0 Å². The van der Waals surface area contributed by atoms with Crippen LogP contribution in [-0.2, 0) is 4.79 Å². The summed E-state index contributed by atoms with van der Waals surface area (Å²) in [4.78, 5) is 13.8. The van der Waals surface area contributed by atoms with Crippen molar-refractivity contribution in [2.24, 2.45) is 5.73 Å². The summed E-state index contributed by atoms with van der Waals surface area (Å²) in [5.74, 6) is 0.0201. The number of nitrogens with one attached hydrogen (secondary N) is 1. The van der Waals surface area contributed by atoms with Crippen molar-refractivity contribution in [3.05, 3.63) is 24.5 Å². The van der Waals surface area contributed by atoms with Gasteiger partial charge in [0.15, 0.2) is 0 Å². The molecule has 0 aliphatic carbocycles. The van der Waals surface area contributed by atoms with Crippen LogP contribution in [0.5, 0.6) is 0 Å². The van der Waals surface area contributed by atoms with Crippen LogP contribution in [0.25, 0.3) is 0 Å². The van der Waals surface area contributed by atoms with Gasteiger partial charge in [0.25, 0.3) is 5.91 Å². The third-order valence-electron chi connectivity index (χ3n) is 2.86. The molecule has 1 aliphatic rings. The second kappa shape index (κ2) is 5.14. The van der Waals surface area contributed by atoms with Gasteiger partial charge in [-0.1, -0.05) is 0 Å². The average molecular weight is 222 g/mol. The largest absolute Gasteiger partial charge is 0.328 e. The standard InChI is InChI=1S/C11H18N4O/c12-10-3-7-14(8-4-10)9-11(16)13-15-5-1-2-6-15/h1-2,5-6,10H,3-4,7-9,12H2,(H,13,16). The minimum atomic E-state index is 0.0201. The lowest BCUT2D eigenvalue weighted by atomic mass is 10.1. The first-order valence-corrected chi connectivity index (χ1v) is 5.65. The van der Waals surface area contributed by atoms with Gasteiger partial charge in [0.2, 0.25) is 0 Å². The number of aromatic nitrogens is 1. The zero-order chi connectivity index (χ0) is 11.4. The van der Waals surface area contributed by atoms with Gasteiger partial charge in [-0.25, -0.2) is 0 Å². The Morgan fingerprint density at radius 3 is 2.56 bits per heavy atom. The molecule has 1 aromatic rings. The fraction of sp³-hybridized carbons (Fsp3) is 0.545. The molecule has 0 radical (unpaired) electrons. The van der Waals surface area contributed by atoms with Crippen molar-refractivity contribution in [2.75, 3.05) is 25.1 Å². The minimum Gasteiger partial charge on any atom is -0.328 e. The monoisotopic (exact) mass is 222 g/mol. The molecular formula is C11H18N4O. The highest BCUT2D eigenvalue weighted by Gasteiger charge is 2.17. The Hall–Kier alpha value is -1.33. The second-order valence-electron chi connectivity index (χ2n) is 4.24. The van der Waals surface area contributed by atoms with Crippen molar-refractivity contribution >= 4 is 5.91 Å². The minimum absolute atomic E-state index is 0.0201. The number of piperidine rings is 1. The van der Waals surface area contributed by atoms with Crippen molar-refractivity contribution < 1.29 is 4.79 Å². The lowest BCUT2D eigenvalue weighted by Gasteiger charge is -2.29. The van der Waals surface area contributed by atoms with Gasteiger partial charge in [-0.15, -0.1) is 0 Å². The predicted molar refractivity (Wildman–Crippen MR) is 62.4 cm³/mol. The van der Waals surface area contributed by atoms with Crippen molar-refractivity contribution in [1.82, 2.24) is 9.58 Å². The maximum atomic E-state index is 11.7. The van der Waals surface area contributed by atoms with Crippen LogP contribution in [0.4, 0.5) is 0 Å². The number of hydrogen-bond donors (Lipinski definition) is 2. The molecule has 1 amide bonds. The summed E-state index contributed by atoms with van der Waals surface area (Å²) in [6.45, 7) is 2.28. The predicted octanol–water partition coefficient (Wildman–Crippen LogP) is -0.0187. The molecule has 0 saturated carbocycles. The summed E-state index contributed by atoms with van der Waals surface area (Å²) in [6, 6.07) is 4.06. The Labute approximate surface area is 95.2 Å². The van der Waals surface area contributed by atoms with Gasteiger partial charge in [0.05, 0.1) is 6.54 Å². The van der Waals surface area contributed by atoms with Gasteiger partial charge >= 0.3 is 0 Å². The highest BCUT2D eigenvalue weighted by atomic mass is 16.2. The lowest BCUT2D eigenvalue weighted by molar-refractivity contribution is -0.118. The van der Waals surface area contributed by atoms with Crippen LogP contribution < -0.4 is 11.2 Å². The summed E-state index contributed by atoms with van der Waals surface area (Å²) in [5, 5.41) is 0. The topological polar surface area (TPSA) is 63.3 Å². The summed E-state index contributed by atoms with van der Waals surface area (Å²) in [7, 11) is 0. The molecule has 1 saturated heterocycles. The quantitative estimate of drug-likeness (QED) is 0.755. The zero-order valence-electron chi connectivity index (χ0n) is 9.30. The van der Waals surface area contributed by atoms with E-state index in [1.807, 2.05) is 24.5 Å². The third-order valence-corrected chi connectivity index (χ3v) is 2.86. The fourth-order valence-corrected chi connectivity index (χ4v) is 1.90. The maximum Gasteiger partial charge on any atom is 0.252 e. The smallest absolute Gasteiger partial charge is 0.252 e. The van der Waals surface area contributed by atoms with Gasteiger partial charge in [0.1, 0.15) is 0 Å². The van der Waals surface area contributed by atoms with Gasteiger partial charge < -0.3 is 5.73 Å². The maximum absolute atomic E-state index is 11.7. The Morgan fingerprint density at radius 2 is 1.94 bits per heavy atom. The molecule has 1 fully saturated rings. The van der Waals surface area contributed by atoms with Gasteiger partial charge in [-0.3, -0.25) is 19.8 Å². The summed E-state index contributed by atoms with van der Waals surface area (Å²) < 4.78 is 1.66. The number of rotatable bonds is 3. The lowest BCUT2D eigenvalue weighted by Crippen LogP contribution is -2.43. The average Bonchev–Trinajstić information content (AvgIpc) is 2.74. The van der Waals surface area contributed by atoms with Crippen LogP contribution in [-0.4, -0.2) is 41.2 Å². The molecule has 1 aliphatic heterocycles. The van der Waals surface area contributed by atoms with E-state index >= 15 is 0 Å². The van der Waals surface area contributed by atoms with E-state index in [1.54, 1.807) is 4.68 Å². The first-order chi connectivity index (χ1) is 7.74. The molecule has 0 spiro atoms. The molecule has 16 heavy (non-hydrogen) atoms. The highest BCUT2D eigenvalue weighted by Crippen LogP contribution is 2.07. The van der Waals surface area contributed by atoms with Crippen LogP contribution in [0, 0.1) is 0 Å². The molecule has 5 nitrogen and oxygen atoms in total. The normalized spacial score (nSPS) is 18.6. The molecule has 0 atom stereocenters. The van der Waals surface area contributed by atoms with Crippen molar-refractivity contribution in [3.63, 3.8) is 0 Å². The molecule has 2 heterocycles. The van der Waals surface area contributed by atoms with E-state index in [2.05, 4.69) is 10.3 Å². The third kappa shape index (κ3) is 3.08. The molecule has 0 aromatic carbocycles. The summed E-state index contributed by atoms with van der Waals surface area (Å²) >= 11 is 0. The number of likely N-dealkylation sites (tertiary alicyclic amines) is 1. The Balaban J connectivity index is 1.75. The van der Waals surface area contributed by atoms with Gasteiger partial charge in [-0.2, -0.15) is 0 Å². The molecule has 2 rings (SSSR count). The van der Waals surface area contributed by atoms with E-state index in [4.69, 9.17) is 5.73 Å². The van der Waals surface area contributed by atoms with E-state index in [1.165, 1.54) is 0 Å². The van der Waals surface area contributed by atoms with Crippen LogP contribution in [0.1, 0.15) is 12.8 Å². The van der Waals surface area contributed by atoms with Crippen molar-refractivity contribution in [2.45, 2.75) is 18.9 Å². The van der Waals surface area contributed by atoms with Crippen molar-refractivity contribution in [3.8, 4) is 0 Å². The molecule has 88 valence electrons. The highest BCUT2D eigenvalue weighted by molar-refractivity contribution is 5.85. The van der Waals surface area contributed by atoms with E-state index in [-0.39, 0.29) is 5.91 Å². The second-order valence-corrected chi connectivity index (χ2v) is 4.24. The van der Waals surface area contributed by atoms with Crippen LogP contribution in [0.3, 0.4) is 0 Å². The first-order valence-electron chi connectivity index (χ1n) is 5.65. The molecule has 0 bridgehead atoms. The summed E-state index contributed by atoms with van der Waals surface area (Å²) in [5.41, 5.74) is 8.59. The SMILES string of the molecule is NC1CCN(CC(=O)Nn2cccc2)CC1. The number of carbonyl (C=O) groups is 1. The van der Waals surface area contributed by atoms with E-state index in [0.29, 0.717) is 12.6 Å². The number of nitrogens with zero attached hydrogens (tertiary/aromatic N) is 2. The molecule has 1 aromatic heterocycles. The van der Waals surface area contributed by atoms with Crippen LogP contribution in [0.2, 0.25) is 0 Å². The zero-order valence-corrected chi connectivity index (χ0v) is 9.30. The Morgan fingerprint density at radius 1 is 1.31 bits per heavy atom. The molecule has 0 unspecified atom stereocenters. The Kier molecular flexibility index (Phi) is 3.58. The first kappa shape index (κ1) is 11.2. The fourth-order valence-electron chi connectivity index (χ4n) is 1.90.